The lowest BCUT2D eigenvalue weighted by molar-refractivity contribution is -0.145. The van der Waals surface area contributed by atoms with Gasteiger partial charge in [-0.05, 0) is 94.4 Å². The molecule has 0 heterocycles. The van der Waals surface area contributed by atoms with E-state index in [-0.39, 0.29) is 29.7 Å². The average molecular weight is 438 g/mol. The van der Waals surface area contributed by atoms with Gasteiger partial charge < -0.3 is 9.47 Å². The van der Waals surface area contributed by atoms with Crippen molar-refractivity contribution >= 4 is 11.9 Å². The van der Waals surface area contributed by atoms with E-state index in [4.69, 9.17) is 9.47 Å². The molecule has 0 spiro atoms. The fraction of sp³-hybridized carbons (Fsp3) is 0.583. The van der Waals surface area contributed by atoms with Crippen LogP contribution in [0, 0.1) is 17.8 Å². The number of rotatable bonds is 5. The van der Waals surface area contributed by atoms with Gasteiger partial charge in [0.2, 0.25) is 0 Å². The number of ether oxygens (including phenoxy) is 2. The maximum absolute atomic E-state index is 12.6. The van der Waals surface area contributed by atoms with Gasteiger partial charge in [0, 0.05) is 6.08 Å². The van der Waals surface area contributed by atoms with Crippen LogP contribution in [0.15, 0.2) is 36.4 Å². The van der Waals surface area contributed by atoms with Gasteiger partial charge in [-0.15, -0.1) is 0 Å². The summed E-state index contributed by atoms with van der Waals surface area (Å²) in [6, 6.07) is 4.22. The smallest absolute Gasteiger partial charge is 0.416 e. The number of allylic oxidation sites excluding steroid dienone is 1. The molecule has 2 aliphatic carbocycles. The summed E-state index contributed by atoms with van der Waals surface area (Å²) in [5.41, 5.74) is -0.765. The van der Waals surface area contributed by atoms with Crippen LogP contribution >= 0.6 is 0 Å². The zero-order valence-electron chi connectivity index (χ0n) is 17.7. The summed E-state index contributed by atoms with van der Waals surface area (Å²) in [5, 5.41) is 0. The number of hydrogen-bond acceptors (Lipinski definition) is 4. The largest absolute Gasteiger partial charge is 0.459 e. The molecular formula is C24H29F3O4. The highest BCUT2D eigenvalue weighted by molar-refractivity contribution is 5.81. The molecule has 0 radical (unpaired) electrons. The van der Waals surface area contributed by atoms with E-state index in [0.717, 1.165) is 63.5 Å². The zero-order chi connectivity index (χ0) is 22.4. The van der Waals surface area contributed by atoms with Gasteiger partial charge >= 0.3 is 18.1 Å². The SMILES string of the molecule is C/C=C/C(=O)O[C@H]1CC[C@H]([C@H]2CC[C@H](C(=O)Oc3ccc(C(F)(F)F)cc3)CC2)CC1. The third-order valence-electron chi connectivity index (χ3n) is 6.48. The van der Waals surface area contributed by atoms with E-state index in [1.54, 1.807) is 13.0 Å². The third-order valence-corrected chi connectivity index (χ3v) is 6.48. The van der Waals surface area contributed by atoms with Crippen LogP contribution in [0.5, 0.6) is 5.75 Å². The van der Waals surface area contributed by atoms with Crippen molar-refractivity contribution in [2.24, 2.45) is 17.8 Å². The lowest BCUT2D eigenvalue weighted by Gasteiger charge is -2.37. The van der Waals surface area contributed by atoms with Crippen LogP contribution in [-0.4, -0.2) is 18.0 Å². The monoisotopic (exact) mass is 438 g/mol. The van der Waals surface area contributed by atoms with Crippen LogP contribution in [0.4, 0.5) is 13.2 Å². The number of benzene rings is 1. The number of carbonyl (C=O) groups excluding carboxylic acids is 2. The van der Waals surface area contributed by atoms with Crippen molar-refractivity contribution in [2.75, 3.05) is 0 Å². The van der Waals surface area contributed by atoms with Crippen molar-refractivity contribution in [2.45, 2.75) is 70.6 Å². The van der Waals surface area contributed by atoms with Crippen molar-refractivity contribution in [1.29, 1.82) is 0 Å². The first-order chi connectivity index (χ1) is 14.8. The van der Waals surface area contributed by atoms with Gasteiger partial charge in [0.05, 0.1) is 11.5 Å². The first kappa shape index (κ1) is 23.4. The predicted octanol–water partition coefficient (Wildman–Crippen LogP) is 6.10. The Balaban J connectivity index is 1.41. The molecule has 2 fully saturated rings. The standard InChI is InChI=1S/C24H29F3O4/c1-2-3-22(28)30-20-12-8-17(9-13-20)16-4-6-18(7-5-16)23(29)31-21-14-10-19(11-15-21)24(25,26)27/h2-3,10-11,14-18,20H,4-9,12-13H2,1H3/b3-2+/t16-,17-,18-,20-. The van der Waals surface area contributed by atoms with Crippen molar-refractivity contribution in [3.63, 3.8) is 0 Å². The predicted molar refractivity (Wildman–Crippen MR) is 109 cm³/mol. The molecule has 4 nitrogen and oxygen atoms in total. The van der Waals surface area contributed by atoms with Crippen molar-refractivity contribution in [1.82, 2.24) is 0 Å². The van der Waals surface area contributed by atoms with E-state index >= 15 is 0 Å². The number of carbonyl (C=O) groups is 2. The number of halogens is 3. The summed E-state index contributed by atoms with van der Waals surface area (Å²) < 4.78 is 48.7. The van der Waals surface area contributed by atoms with Crippen molar-refractivity contribution in [3.05, 3.63) is 42.0 Å². The second-order valence-electron chi connectivity index (χ2n) is 8.53. The van der Waals surface area contributed by atoms with Gasteiger partial charge in [0.1, 0.15) is 11.9 Å². The first-order valence-electron chi connectivity index (χ1n) is 11.0. The van der Waals surface area contributed by atoms with E-state index in [1.807, 2.05) is 0 Å². The summed E-state index contributed by atoms with van der Waals surface area (Å²) in [7, 11) is 0. The molecule has 0 bridgehead atoms. The summed E-state index contributed by atoms with van der Waals surface area (Å²) in [6.07, 6.45) is 5.88. The minimum atomic E-state index is -4.41. The van der Waals surface area contributed by atoms with Crippen LogP contribution < -0.4 is 4.74 Å². The second kappa shape index (κ2) is 10.3. The Morgan fingerprint density at radius 2 is 1.45 bits per heavy atom. The lowest BCUT2D eigenvalue weighted by Crippen LogP contribution is -2.31. The van der Waals surface area contributed by atoms with E-state index in [9.17, 15) is 22.8 Å². The molecule has 2 aliphatic rings. The number of hydrogen-bond donors (Lipinski definition) is 0. The summed E-state index contributed by atoms with van der Waals surface area (Å²) >= 11 is 0. The highest BCUT2D eigenvalue weighted by Crippen LogP contribution is 2.41. The van der Waals surface area contributed by atoms with Crippen molar-refractivity contribution < 1.29 is 32.2 Å². The van der Waals surface area contributed by atoms with E-state index in [2.05, 4.69) is 0 Å². The van der Waals surface area contributed by atoms with Crippen LogP contribution in [0.1, 0.15) is 63.9 Å². The van der Waals surface area contributed by atoms with Crippen LogP contribution in [-0.2, 0) is 20.5 Å². The van der Waals surface area contributed by atoms with Gasteiger partial charge in [-0.2, -0.15) is 13.2 Å². The van der Waals surface area contributed by atoms with E-state index in [1.165, 1.54) is 18.2 Å². The lowest BCUT2D eigenvalue weighted by atomic mass is 9.70. The molecule has 31 heavy (non-hydrogen) atoms. The summed E-state index contributed by atoms with van der Waals surface area (Å²) in [5.74, 6) is 0.435. The molecule has 0 aliphatic heterocycles. The Morgan fingerprint density at radius 1 is 0.903 bits per heavy atom. The molecule has 0 unspecified atom stereocenters. The normalized spacial score (nSPS) is 27.1. The Morgan fingerprint density at radius 3 is 1.97 bits per heavy atom. The fourth-order valence-electron chi connectivity index (χ4n) is 4.76. The number of esters is 2. The van der Waals surface area contributed by atoms with Gasteiger partial charge in [-0.1, -0.05) is 6.08 Å². The molecule has 0 atom stereocenters. The minimum Gasteiger partial charge on any atom is -0.459 e. The quantitative estimate of drug-likeness (QED) is 0.317. The first-order valence-corrected chi connectivity index (χ1v) is 11.0. The van der Waals surface area contributed by atoms with Gasteiger partial charge in [0.15, 0.2) is 0 Å². The van der Waals surface area contributed by atoms with Crippen LogP contribution in [0.2, 0.25) is 0 Å². The summed E-state index contributed by atoms with van der Waals surface area (Å²) in [6.45, 7) is 1.79. The molecule has 3 rings (SSSR count). The molecular weight excluding hydrogens is 409 g/mol. The molecule has 7 heteroatoms. The highest BCUT2D eigenvalue weighted by atomic mass is 19.4. The summed E-state index contributed by atoms with van der Waals surface area (Å²) in [4.78, 5) is 24.0. The average Bonchev–Trinajstić information content (AvgIpc) is 2.74. The Bertz CT molecular complexity index is 769. The van der Waals surface area contributed by atoms with Gasteiger partial charge in [-0.25, -0.2) is 4.79 Å². The third kappa shape index (κ3) is 6.58. The topological polar surface area (TPSA) is 52.6 Å². The van der Waals surface area contributed by atoms with Crippen LogP contribution in [0.3, 0.4) is 0 Å². The Labute approximate surface area is 180 Å². The molecule has 0 N–H and O–H groups in total. The molecule has 0 amide bonds. The fourth-order valence-corrected chi connectivity index (χ4v) is 4.76. The van der Waals surface area contributed by atoms with E-state index < -0.39 is 11.7 Å². The molecule has 1 aromatic rings. The maximum atomic E-state index is 12.6. The van der Waals surface area contributed by atoms with E-state index in [0.29, 0.717) is 11.8 Å². The molecule has 2 saturated carbocycles. The Kier molecular flexibility index (Phi) is 7.79. The van der Waals surface area contributed by atoms with Gasteiger partial charge in [0.25, 0.3) is 0 Å². The maximum Gasteiger partial charge on any atom is 0.416 e. The van der Waals surface area contributed by atoms with Gasteiger partial charge in [-0.3, -0.25) is 4.79 Å². The highest BCUT2D eigenvalue weighted by Gasteiger charge is 2.34. The zero-order valence-corrected chi connectivity index (χ0v) is 17.7. The molecule has 1 aromatic carbocycles. The molecule has 0 saturated heterocycles. The molecule has 170 valence electrons. The number of alkyl halides is 3. The van der Waals surface area contributed by atoms with Crippen molar-refractivity contribution in [3.8, 4) is 5.75 Å². The second-order valence-corrected chi connectivity index (χ2v) is 8.53. The molecule has 0 aromatic heterocycles. The Hall–Kier alpha value is -2.31. The minimum absolute atomic E-state index is 0.00463. The van der Waals surface area contributed by atoms with Crippen LogP contribution in [0.25, 0.3) is 0 Å².